The fourth-order valence-corrected chi connectivity index (χ4v) is 1.95. The molecule has 0 radical (unpaired) electrons. The zero-order valence-electron chi connectivity index (χ0n) is 10.2. The Kier molecular flexibility index (Phi) is 3.44. The lowest BCUT2D eigenvalue weighted by Gasteiger charge is -2.25. The summed E-state index contributed by atoms with van der Waals surface area (Å²) in [4.78, 5) is 7.04. The van der Waals surface area contributed by atoms with Crippen molar-refractivity contribution >= 4 is 5.82 Å². The molecule has 0 unspecified atom stereocenters. The van der Waals surface area contributed by atoms with Crippen molar-refractivity contribution in [2.75, 3.05) is 11.4 Å². The van der Waals surface area contributed by atoms with Crippen LogP contribution < -0.4 is 10.6 Å². The van der Waals surface area contributed by atoms with Crippen LogP contribution in [0.25, 0.3) is 0 Å². The molecule has 2 N–H and O–H groups in total. The summed E-state index contributed by atoms with van der Waals surface area (Å²) in [6.07, 6.45) is 2.61. The molecule has 0 aliphatic heterocycles. The van der Waals surface area contributed by atoms with E-state index < -0.39 is 0 Å². The van der Waals surface area contributed by atoms with Crippen LogP contribution in [0.15, 0.2) is 18.2 Å². The van der Waals surface area contributed by atoms with Gasteiger partial charge in [-0.25, -0.2) is 4.98 Å². The average Bonchev–Trinajstić information content (AvgIpc) is 3.09. The van der Waals surface area contributed by atoms with E-state index in [-0.39, 0.29) is 0 Å². The molecule has 0 amide bonds. The third-order valence-corrected chi connectivity index (χ3v) is 2.84. The Hall–Kier alpha value is -1.09. The molecular weight excluding hydrogens is 198 g/mol. The maximum atomic E-state index is 5.63. The molecular formula is C13H21N3. The van der Waals surface area contributed by atoms with Crippen molar-refractivity contribution in [1.29, 1.82) is 0 Å². The van der Waals surface area contributed by atoms with Gasteiger partial charge in [0, 0.05) is 19.1 Å². The van der Waals surface area contributed by atoms with E-state index >= 15 is 0 Å². The normalized spacial score (nSPS) is 15.5. The molecule has 0 spiro atoms. The highest BCUT2D eigenvalue weighted by atomic mass is 15.2. The predicted octanol–water partition coefficient (Wildman–Crippen LogP) is 2.17. The topological polar surface area (TPSA) is 42.1 Å². The monoisotopic (exact) mass is 219 g/mol. The second-order valence-electron chi connectivity index (χ2n) is 4.97. The third-order valence-electron chi connectivity index (χ3n) is 2.84. The van der Waals surface area contributed by atoms with Crippen LogP contribution in [0.5, 0.6) is 0 Å². The van der Waals surface area contributed by atoms with E-state index in [0.29, 0.717) is 18.5 Å². The van der Waals surface area contributed by atoms with Crippen LogP contribution in [-0.2, 0) is 6.54 Å². The summed E-state index contributed by atoms with van der Waals surface area (Å²) in [6, 6.07) is 6.85. The van der Waals surface area contributed by atoms with Gasteiger partial charge in [0.15, 0.2) is 0 Å². The minimum absolute atomic E-state index is 0.522. The summed E-state index contributed by atoms with van der Waals surface area (Å²) in [6.45, 7) is 6.12. The molecule has 1 aliphatic carbocycles. The second kappa shape index (κ2) is 4.83. The van der Waals surface area contributed by atoms with E-state index in [4.69, 9.17) is 5.73 Å². The maximum Gasteiger partial charge on any atom is 0.129 e. The van der Waals surface area contributed by atoms with Crippen LogP contribution in [-0.4, -0.2) is 17.6 Å². The SMILES string of the molecule is CC(C)CN(c1cccc(CN)n1)C1CC1. The molecule has 1 saturated carbocycles. The predicted molar refractivity (Wildman–Crippen MR) is 67.3 cm³/mol. The quantitative estimate of drug-likeness (QED) is 0.825. The van der Waals surface area contributed by atoms with Gasteiger partial charge in [0.1, 0.15) is 5.82 Å². The Bertz CT molecular complexity index is 345. The van der Waals surface area contributed by atoms with Gasteiger partial charge in [-0.05, 0) is 30.9 Å². The number of hydrogen-bond donors (Lipinski definition) is 1. The molecule has 1 fully saturated rings. The average molecular weight is 219 g/mol. The van der Waals surface area contributed by atoms with Crippen molar-refractivity contribution in [3.05, 3.63) is 23.9 Å². The molecule has 1 aromatic heterocycles. The van der Waals surface area contributed by atoms with Crippen molar-refractivity contribution in [2.24, 2.45) is 11.7 Å². The number of rotatable bonds is 5. The van der Waals surface area contributed by atoms with Gasteiger partial charge in [-0.3, -0.25) is 0 Å². The lowest BCUT2D eigenvalue weighted by atomic mass is 10.2. The Morgan fingerprint density at radius 3 is 2.75 bits per heavy atom. The summed E-state index contributed by atoms with van der Waals surface area (Å²) in [7, 11) is 0. The highest BCUT2D eigenvalue weighted by molar-refractivity contribution is 5.42. The standard InChI is InChI=1S/C13H21N3/c1-10(2)9-16(12-6-7-12)13-5-3-4-11(8-14)15-13/h3-5,10,12H,6-9,14H2,1-2H3. The molecule has 0 bridgehead atoms. The smallest absolute Gasteiger partial charge is 0.129 e. The van der Waals surface area contributed by atoms with Crippen LogP contribution in [0.4, 0.5) is 5.82 Å². The summed E-state index contributed by atoms with van der Waals surface area (Å²) in [5, 5.41) is 0. The van der Waals surface area contributed by atoms with E-state index in [0.717, 1.165) is 18.1 Å². The minimum atomic E-state index is 0.522. The first-order valence-electron chi connectivity index (χ1n) is 6.13. The zero-order valence-corrected chi connectivity index (χ0v) is 10.2. The number of anilines is 1. The van der Waals surface area contributed by atoms with Crippen LogP contribution in [0.2, 0.25) is 0 Å². The molecule has 3 nitrogen and oxygen atoms in total. The number of nitrogens with zero attached hydrogens (tertiary/aromatic N) is 2. The Labute approximate surface area is 97.7 Å². The van der Waals surface area contributed by atoms with Gasteiger partial charge < -0.3 is 10.6 Å². The Morgan fingerprint density at radius 1 is 1.44 bits per heavy atom. The van der Waals surface area contributed by atoms with Crippen LogP contribution in [0.1, 0.15) is 32.4 Å². The van der Waals surface area contributed by atoms with E-state index in [1.54, 1.807) is 0 Å². The van der Waals surface area contributed by atoms with Crippen molar-refractivity contribution in [2.45, 2.75) is 39.3 Å². The minimum Gasteiger partial charge on any atom is -0.353 e. The summed E-state index contributed by atoms with van der Waals surface area (Å²) < 4.78 is 0. The van der Waals surface area contributed by atoms with Gasteiger partial charge in [0.25, 0.3) is 0 Å². The molecule has 1 aliphatic rings. The fourth-order valence-electron chi connectivity index (χ4n) is 1.95. The largest absolute Gasteiger partial charge is 0.353 e. The summed E-state index contributed by atoms with van der Waals surface area (Å²) in [5.74, 6) is 1.77. The molecule has 0 aromatic carbocycles. The first kappa shape index (κ1) is 11.4. The lowest BCUT2D eigenvalue weighted by Crippen LogP contribution is -2.30. The van der Waals surface area contributed by atoms with Crippen LogP contribution in [0, 0.1) is 5.92 Å². The number of nitrogens with two attached hydrogens (primary N) is 1. The number of aromatic nitrogens is 1. The molecule has 3 heteroatoms. The molecule has 88 valence electrons. The molecule has 2 rings (SSSR count). The fraction of sp³-hybridized carbons (Fsp3) is 0.615. The molecule has 16 heavy (non-hydrogen) atoms. The van der Waals surface area contributed by atoms with Crippen LogP contribution in [0.3, 0.4) is 0 Å². The Morgan fingerprint density at radius 2 is 2.19 bits per heavy atom. The number of pyridine rings is 1. The molecule has 1 aromatic rings. The van der Waals surface area contributed by atoms with E-state index in [1.807, 2.05) is 6.07 Å². The maximum absolute atomic E-state index is 5.63. The molecule has 0 saturated heterocycles. The first-order chi connectivity index (χ1) is 7.70. The van der Waals surface area contributed by atoms with Crippen LogP contribution >= 0.6 is 0 Å². The van der Waals surface area contributed by atoms with E-state index in [1.165, 1.54) is 12.8 Å². The van der Waals surface area contributed by atoms with Gasteiger partial charge in [0.2, 0.25) is 0 Å². The van der Waals surface area contributed by atoms with Gasteiger partial charge >= 0.3 is 0 Å². The van der Waals surface area contributed by atoms with E-state index in [2.05, 4.69) is 35.9 Å². The second-order valence-corrected chi connectivity index (χ2v) is 4.97. The van der Waals surface area contributed by atoms with Gasteiger partial charge in [-0.15, -0.1) is 0 Å². The molecule has 0 atom stereocenters. The van der Waals surface area contributed by atoms with Gasteiger partial charge in [-0.2, -0.15) is 0 Å². The summed E-state index contributed by atoms with van der Waals surface area (Å²) in [5.41, 5.74) is 6.61. The highest BCUT2D eigenvalue weighted by Gasteiger charge is 2.30. The van der Waals surface area contributed by atoms with Gasteiger partial charge in [0.05, 0.1) is 5.69 Å². The third kappa shape index (κ3) is 2.73. The van der Waals surface area contributed by atoms with Crippen molar-refractivity contribution in [3.63, 3.8) is 0 Å². The van der Waals surface area contributed by atoms with E-state index in [9.17, 15) is 0 Å². The van der Waals surface area contributed by atoms with Crippen molar-refractivity contribution in [3.8, 4) is 0 Å². The van der Waals surface area contributed by atoms with Gasteiger partial charge in [-0.1, -0.05) is 19.9 Å². The lowest BCUT2D eigenvalue weighted by molar-refractivity contribution is 0.602. The summed E-state index contributed by atoms with van der Waals surface area (Å²) >= 11 is 0. The van der Waals surface area contributed by atoms with Crippen molar-refractivity contribution in [1.82, 2.24) is 4.98 Å². The first-order valence-corrected chi connectivity index (χ1v) is 6.13. The zero-order chi connectivity index (χ0) is 11.5. The molecule has 1 heterocycles. The van der Waals surface area contributed by atoms with Crippen molar-refractivity contribution < 1.29 is 0 Å². The Balaban J connectivity index is 2.16. The highest BCUT2D eigenvalue weighted by Crippen LogP contribution is 2.31. The number of hydrogen-bond acceptors (Lipinski definition) is 3.